The zero-order valence-corrected chi connectivity index (χ0v) is 13.4. The van der Waals surface area contributed by atoms with Crippen molar-refractivity contribution in [2.24, 2.45) is 0 Å². The zero-order chi connectivity index (χ0) is 15.6. The first-order valence-electron chi connectivity index (χ1n) is 6.45. The first-order chi connectivity index (χ1) is 9.04. The Morgan fingerprint density at radius 2 is 1.90 bits per heavy atom. The second-order valence-corrected chi connectivity index (χ2v) is 7.34. The lowest BCUT2D eigenvalue weighted by Crippen LogP contribution is -2.42. The monoisotopic (exact) mass is 298 g/mol. The maximum Gasteiger partial charge on any atom is 0.251 e. The molecular formula is C14H22N2O3S. The van der Waals surface area contributed by atoms with Crippen molar-refractivity contribution >= 4 is 21.6 Å². The van der Waals surface area contributed by atoms with Gasteiger partial charge in [-0.3, -0.25) is 9.52 Å². The topological polar surface area (TPSA) is 75.3 Å². The highest BCUT2D eigenvalue weighted by Crippen LogP contribution is 2.19. The van der Waals surface area contributed by atoms with Gasteiger partial charge in [0.05, 0.1) is 11.9 Å². The molecule has 0 heterocycles. The summed E-state index contributed by atoms with van der Waals surface area (Å²) >= 11 is 0. The summed E-state index contributed by atoms with van der Waals surface area (Å²) in [5.41, 5.74) is 1.33. The fraction of sp³-hybridized carbons (Fsp3) is 0.500. The maximum atomic E-state index is 12.2. The lowest BCUT2D eigenvalue weighted by atomic mass is 10.0. The minimum Gasteiger partial charge on any atom is -0.347 e. The Balaban J connectivity index is 3.04. The second-order valence-electron chi connectivity index (χ2n) is 5.60. The summed E-state index contributed by atoms with van der Waals surface area (Å²) in [5.74, 6) is -0.214. The van der Waals surface area contributed by atoms with Crippen LogP contribution in [0.25, 0.3) is 0 Å². The number of carbonyl (C=O) groups excluding carboxylic acids is 1. The van der Waals surface area contributed by atoms with E-state index in [9.17, 15) is 13.2 Å². The molecule has 0 radical (unpaired) electrons. The highest BCUT2D eigenvalue weighted by molar-refractivity contribution is 7.92. The lowest BCUT2D eigenvalue weighted by Gasteiger charge is -2.24. The van der Waals surface area contributed by atoms with Gasteiger partial charge < -0.3 is 5.32 Å². The van der Waals surface area contributed by atoms with Crippen molar-refractivity contribution in [1.82, 2.24) is 5.32 Å². The van der Waals surface area contributed by atoms with Gasteiger partial charge in [-0.2, -0.15) is 0 Å². The van der Waals surface area contributed by atoms with Crippen molar-refractivity contribution in [1.29, 1.82) is 0 Å². The van der Waals surface area contributed by atoms with Crippen LogP contribution in [-0.4, -0.2) is 26.1 Å². The van der Waals surface area contributed by atoms with Crippen LogP contribution in [0.4, 0.5) is 5.69 Å². The van der Waals surface area contributed by atoms with E-state index in [2.05, 4.69) is 10.0 Å². The molecule has 0 fully saturated rings. The van der Waals surface area contributed by atoms with E-state index in [-0.39, 0.29) is 11.4 Å². The van der Waals surface area contributed by atoms with E-state index in [4.69, 9.17) is 0 Å². The number of amides is 1. The van der Waals surface area contributed by atoms with Gasteiger partial charge in [-0.05, 0) is 44.9 Å². The van der Waals surface area contributed by atoms with Gasteiger partial charge in [-0.1, -0.05) is 13.0 Å². The van der Waals surface area contributed by atoms with Crippen molar-refractivity contribution in [2.75, 3.05) is 11.0 Å². The van der Waals surface area contributed by atoms with Gasteiger partial charge in [-0.15, -0.1) is 0 Å². The molecule has 0 saturated carbocycles. The Morgan fingerprint density at radius 1 is 1.30 bits per heavy atom. The molecule has 0 unspecified atom stereocenters. The quantitative estimate of drug-likeness (QED) is 0.875. The summed E-state index contributed by atoms with van der Waals surface area (Å²) in [6, 6.07) is 4.96. The van der Waals surface area contributed by atoms with Gasteiger partial charge >= 0.3 is 0 Å². The minimum absolute atomic E-state index is 0.214. The molecule has 1 rings (SSSR count). The normalized spacial score (nSPS) is 12.1. The minimum atomic E-state index is -3.36. The van der Waals surface area contributed by atoms with Crippen LogP contribution in [0.5, 0.6) is 0 Å². The highest BCUT2D eigenvalue weighted by Gasteiger charge is 2.19. The molecule has 0 aliphatic heterocycles. The molecular weight excluding hydrogens is 276 g/mol. The molecule has 1 amide bonds. The molecule has 20 heavy (non-hydrogen) atoms. The Morgan fingerprint density at radius 3 is 2.40 bits per heavy atom. The van der Waals surface area contributed by atoms with Gasteiger partial charge in [0, 0.05) is 11.1 Å². The summed E-state index contributed by atoms with van der Waals surface area (Å²) in [6.45, 7) is 7.65. The predicted octanol–water partition coefficient (Wildman–Crippen LogP) is 2.28. The molecule has 0 saturated heterocycles. The summed E-state index contributed by atoms with van der Waals surface area (Å²) in [4.78, 5) is 12.2. The number of sulfonamides is 1. The van der Waals surface area contributed by atoms with E-state index in [1.807, 2.05) is 20.8 Å². The first-order valence-corrected chi connectivity index (χ1v) is 8.34. The van der Waals surface area contributed by atoms with Crippen LogP contribution in [0.2, 0.25) is 0 Å². The van der Waals surface area contributed by atoms with Crippen molar-refractivity contribution in [3.8, 4) is 0 Å². The van der Waals surface area contributed by atoms with Crippen LogP contribution in [0.1, 0.15) is 43.1 Å². The van der Waals surface area contributed by atoms with Gasteiger partial charge in [0.1, 0.15) is 0 Å². The summed E-state index contributed by atoms with van der Waals surface area (Å²) in [6.07, 6.45) is 1.89. The fourth-order valence-electron chi connectivity index (χ4n) is 1.54. The molecule has 0 aromatic heterocycles. The summed E-state index contributed by atoms with van der Waals surface area (Å²) < 4.78 is 25.0. The van der Waals surface area contributed by atoms with Crippen LogP contribution >= 0.6 is 0 Å². The van der Waals surface area contributed by atoms with Crippen LogP contribution in [0, 0.1) is 6.92 Å². The molecule has 0 atom stereocenters. The SMILES string of the molecule is CCC(C)(C)NC(=O)c1ccc(C)c(NS(C)(=O)=O)c1. The van der Waals surface area contributed by atoms with E-state index >= 15 is 0 Å². The molecule has 0 aliphatic rings. The molecule has 112 valence electrons. The standard InChI is InChI=1S/C14H22N2O3S/c1-6-14(3,4)15-13(17)11-8-7-10(2)12(9-11)16-20(5,18)19/h7-9,16H,6H2,1-5H3,(H,15,17). The van der Waals surface area contributed by atoms with Gasteiger partial charge in [0.25, 0.3) is 5.91 Å². The Hall–Kier alpha value is -1.56. The first kappa shape index (κ1) is 16.5. The van der Waals surface area contributed by atoms with Gasteiger partial charge in [0.15, 0.2) is 0 Å². The molecule has 6 heteroatoms. The number of nitrogens with one attached hydrogen (secondary N) is 2. The predicted molar refractivity (Wildman–Crippen MR) is 81.5 cm³/mol. The van der Waals surface area contributed by atoms with Gasteiger partial charge in [0.2, 0.25) is 10.0 Å². The molecule has 0 spiro atoms. The second kappa shape index (κ2) is 5.83. The van der Waals surface area contributed by atoms with Crippen LogP contribution in [0.15, 0.2) is 18.2 Å². The molecule has 2 N–H and O–H groups in total. The molecule has 5 nitrogen and oxygen atoms in total. The Labute approximate surface area is 120 Å². The van der Waals surface area contributed by atoms with E-state index in [1.54, 1.807) is 25.1 Å². The third-order valence-electron chi connectivity index (χ3n) is 3.13. The number of carbonyl (C=O) groups is 1. The number of anilines is 1. The molecule has 0 aliphatic carbocycles. The largest absolute Gasteiger partial charge is 0.347 e. The van der Waals surface area contributed by atoms with Crippen molar-refractivity contribution in [2.45, 2.75) is 39.7 Å². The van der Waals surface area contributed by atoms with E-state index in [0.29, 0.717) is 11.3 Å². The Kier molecular flexibility index (Phi) is 4.81. The average Bonchev–Trinajstić information content (AvgIpc) is 2.29. The number of benzene rings is 1. The number of rotatable bonds is 5. The summed E-state index contributed by atoms with van der Waals surface area (Å²) in [5, 5.41) is 2.92. The zero-order valence-electron chi connectivity index (χ0n) is 12.6. The van der Waals surface area contributed by atoms with Crippen LogP contribution in [-0.2, 0) is 10.0 Å². The molecule has 0 bridgehead atoms. The third kappa shape index (κ3) is 4.85. The molecule has 1 aromatic rings. The average molecular weight is 298 g/mol. The van der Waals surface area contributed by atoms with E-state index < -0.39 is 10.0 Å². The summed E-state index contributed by atoms with van der Waals surface area (Å²) in [7, 11) is -3.36. The van der Waals surface area contributed by atoms with Crippen LogP contribution in [0.3, 0.4) is 0 Å². The Bertz CT molecular complexity index is 607. The highest BCUT2D eigenvalue weighted by atomic mass is 32.2. The lowest BCUT2D eigenvalue weighted by molar-refractivity contribution is 0.0911. The number of hydrogen-bond acceptors (Lipinski definition) is 3. The fourth-order valence-corrected chi connectivity index (χ4v) is 2.16. The molecule has 1 aromatic carbocycles. The maximum absolute atomic E-state index is 12.2. The van der Waals surface area contributed by atoms with Crippen LogP contribution < -0.4 is 10.0 Å². The van der Waals surface area contributed by atoms with E-state index in [0.717, 1.165) is 18.2 Å². The third-order valence-corrected chi connectivity index (χ3v) is 3.72. The van der Waals surface area contributed by atoms with E-state index in [1.165, 1.54) is 0 Å². The number of aryl methyl sites for hydroxylation is 1. The smallest absolute Gasteiger partial charge is 0.251 e. The van der Waals surface area contributed by atoms with Crippen molar-refractivity contribution in [3.05, 3.63) is 29.3 Å². The number of hydrogen-bond donors (Lipinski definition) is 2. The van der Waals surface area contributed by atoms with Gasteiger partial charge in [-0.25, -0.2) is 8.42 Å². The van der Waals surface area contributed by atoms with Crippen molar-refractivity contribution in [3.63, 3.8) is 0 Å². The van der Waals surface area contributed by atoms with Crippen molar-refractivity contribution < 1.29 is 13.2 Å².